The largest absolute Gasteiger partial charge is 0.342 e. The summed E-state index contributed by atoms with van der Waals surface area (Å²) in [6, 6.07) is 16.7. The summed E-state index contributed by atoms with van der Waals surface area (Å²) in [5, 5.41) is 18.7. The number of rotatable bonds is 2. The Morgan fingerprint density at radius 2 is 1.63 bits per heavy atom. The molecule has 0 aliphatic rings. The Morgan fingerprint density at radius 1 is 0.947 bits per heavy atom. The maximum atomic E-state index is 9.20. The predicted molar refractivity (Wildman–Crippen MR) is 75.4 cm³/mol. The van der Waals surface area contributed by atoms with E-state index < -0.39 is 0 Å². The molecule has 0 aliphatic heterocycles. The highest BCUT2D eigenvalue weighted by molar-refractivity contribution is 6.32. The Hall–Kier alpha value is -2.49. The number of hydrogen-bond acceptors (Lipinski definition) is 3. The van der Waals surface area contributed by atoms with E-state index in [1.165, 1.54) is 0 Å². The van der Waals surface area contributed by atoms with Crippen molar-refractivity contribution in [2.24, 2.45) is 0 Å². The summed E-state index contributed by atoms with van der Waals surface area (Å²) < 4.78 is 0. The SMILES string of the molecule is CN(c1ccccc1C#N)c1cccc(Cl)c1C#N. The number of nitrogens with zero attached hydrogens (tertiary/aromatic N) is 3. The molecule has 0 fully saturated rings. The molecule has 2 aromatic rings. The summed E-state index contributed by atoms with van der Waals surface area (Å²) in [7, 11) is 1.81. The molecule has 0 saturated heterocycles. The van der Waals surface area contributed by atoms with E-state index >= 15 is 0 Å². The average molecular weight is 268 g/mol. The lowest BCUT2D eigenvalue weighted by atomic mass is 10.1. The van der Waals surface area contributed by atoms with Crippen LogP contribution in [-0.4, -0.2) is 7.05 Å². The Balaban J connectivity index is 2.58. The smallest absolute Gasteiger partial charge is 0.103 e. The minimum absolute atomic E-state index is 0.402. The van der Waals surface area contributed by atoms with Gasteiger partial charge in [-0.25, -0.2) is 0 Å². The lowest BCUT2D eigenvalue weighted by molar-refractivity contribution is 1.19. The van der Waals surface area contributed by atoms with Crippen molar-refractivity contribution in [3.8, 4) is 12.1 Å². The molecule has 0 unspecified atom stereocenters. The fourth-order valence-electron chi connectivity index (χ4n) is 1.89. The van der Waals surface area contributed by atoms with Crippen LogP contribution in [0.5, 0.6) is 0 Å². The molecule has 0 aromatic heterocycles. The molecule has 0 atom stereocenters. The van der Waals surface area contributed by atoms with E-state index in [9.17, 15) is 5.26 Å². The van der Waals surface area contributed by atoms with Crippen LogP contribution >= 0.6 is 11.6 Å². The molecule has 3 nitrogen and oxygen atoms in total. The van der Waals surface area contributed by atoms with Crippen molar-refractivity contribution in [2.75, 3.05) is 11.9 Å². The van der Waals surface area contributed by atoms with E-state index in [-0.39, 0.29) is 0 Å². The van der Waals surface area contributed by atoms with E-state index in [1.807, 2.05) is 19.2 Å². The van der Waals surface area contributed by atoms with Crippen molar-refractivity contribution in [3.63, 3.8) is 0 Å². The van der Waals surface area contributed by atoms with Gasteiger partial charge in [-0.1, -0.05) is 29.8 Å². The fourth-order valence-corrected chi connectivity index (χ4v) is 2.11. The molecule has 0 spiro atoms. The number of anilines is 2. The molecule has 4 heteroatoms. The highest BCUT2D eigenvalue weighted by Gasteiger charge is 2.14. The summed E-state index contributed by atoms with van der Waals surface area (Å²) in [5.74, 6) is 0. The number of para-hydroxylation sites is 1. The topological polar surface area (TPSA) is 50.8 Å². The first-order valence-corrected chi connectivity index (χ1v) is 5.98. The lowest BCUT2D eigenvalue weighted by Gasteiger charge is -2.22. The first-order chi connectivity index (χ1) is 9.19. The Kier molecular flexibility index (Phi) is 3.71. The quantitative estimate of drug-likeness (QED) is 0.830. The predicted octanol–water partition coefficient (Wildman–Crippen LogP) is 3.85. The van der Waals surface area contributed by atoms with Gasteiger partial charge in [0.05, 0.1) is 27.5 Å². The van der Waals surface area contributed by atoms with Crippen LogP contribution in [0.1, 0.15) is 11.1 Å². The molecule has 0 saturated carbocycles. The van der Waals surface area contributed by atoms with Crippen molar-refractivity contribution in [1.29, 1.82) is 10.5 Å². The lowest BCUT2D eigenvalue weighted by Crippen LogP contribution is -2.12. The van der Waals surface area contributed by atoms with Crippen LogP contribution in [0.25, 0.3) is 0 Å². The van der Waals surface area contributed by atoms with Gasteiger partial charge < -0.3 is 4.90 Å². The van der Waals surface area contributed by atoms with E-state index in [0.717, 1.165) is 5.69 Å². The van der Waals surface area contributed by atoms with E-state index in [1.54, 1.807) is 35.2 Å². The highest BCUT2D eigenvalue weighted by atomic mass is 35.5. The number of benzene rings is 2. The average Bonchev–Trinajstić information content (AvgIpc) is 2.46. The minimum atomic E-state index is 0.402. The summed E-state index contributed by atoms with van der Waals surface area (Å²) in [6.07, 6.45) is 0. The second-order valence-corrected chi connectivity index (χ2v) is 4.34. The zero-order valence-electron chi connectivity index (χ0n) is 10.3. The van der Waals surface area contributed by atoms with Gasteiger partial charge in [-0.2, -0.15) is 10.5 Å². The third-order valence-corrected chi connectivity index (χ3v) is 3.17. The molecule has 0 radical (unpaired) electrons. The van der Waals surface area contributed by atoms with E-state index in [4.69, 9.17) is 16.9 Å². The third-order valence-electron chi connectivity index (χ3n) is 2.85. The second-order valence-electron chi connectivity index (χ2n) is 3.93. The van der Waals surface area contributed by atoms with E-state index in [2.05, 4.69) is 12.1 Å². The Bertz CT molecular complexity index is 695. The van der Waals surface area contributed by atoms with Crippen molar-refractivity contribution in [2.45, 2.75) is 0 Å². The van der Waals surface area contributed by atoms with Crippen molar-refractivity contribution < 1.29 is 0 Å². The molecule has 0 heterocycles. The number of nitriles is 2. The molecule has 0 aliphatic carbocycles. The number of hydrogen-bond donors (Lipinski definition) is 0. The van der Waals surface area contributed by atoms with Crippen LogP contribution in [0.3, 0.4) is 0 Å². The van der Waals surface area contributed by atoms with Crippen molar-refractivity contribution in [1.82, 2.24) is 0 Å². The van der Waals surface area contributed by atoms with Gasteiger partial charge >= 0.3 is 0 Å². The number of halogens is 1. The van der Waals surface area contributed by atoms with E-state index in [0.29, 0.717) is 21.8 Å². The zero-order valence-corrected chi connectivity index (χ0v) is 11.0. The van der Waals surface area contributed by atoms with Gasteiger partial charge in [0.1, 0.15) is 12.1 Å². The van der Waals surface area contributed by atoms with Gasteiger partial charge in [-0.15, -0.1) is 0 Å². The van der Waals surface area contributed by atoms with Crippen LogP contribution in [0, 0.1) is 22.7 Å². The molecule has 0 N–H and O–H groups in total. The van der Waals surface area contributed by atoms with Gasteiger partial charge in [0.25, 0.3) is 0 Å². The minimum Gasteiger partial charge on any atom is -0.342 e. The van der Waals surface area contributed by atoms with Gasteiger partial charge in [-0.3, -0.25) is 0 Å². The molecule has 0 amide bonds. The monoisotopic (exact) mass is 267 g/mol. The van der Waals surface area contributed by atoms with Crippen LogP contribution in [-0.2, 0) is 0 Å². The Morgan fingerprint density at radius 3 is 2.32 bits per heavy atom. The second kappa shape index (κ2) is 5.44. The molecule has 19 heavy (non-hydrogen) atoms. The van der Waals surface area contributed by atoms with Gasteiger partial charge in [0.15, 0.2) is 0 Å². The van der Waals surface area contributed by atoms with Gasteiger partial charge in [-0.05, 0) is 24.3 Å². The summed E-state index contributed by atoms with van der Waals surface area (Å²) in [4.78, 5) is 1.79. The zero-order chi connectivity index (χ0) is 13.8. The van der Waals surface area contributed by atoms with Crippen molar-refractivity contribution in [3.05, 3.63) is 58.6 Å². The Labute approximate surface area is 116 Å². The van der Waals surface area contributed by atoms with Gasteiger partial charge in [0.2, 0.25) is 0 Å². The third kappa shape index (κ3) is 2.38. The molecule has 0 bridgehead atoms. The highest BCUT2D eigenvalue weighted by Crippen LogP contribution is 2.32. The van der Waals surface area contributed by atoms with Gasteiger partial charge in [0, 0.05) is 7.05 Å². The molecular weight excluding hydrogens is 258 g/mol. The summed E-state index contributed by atoms with van der Waals surface area (Å²) >= 11 is 6.02. The standard InChI is InChI=1S/C15H10ClN3/c1-19(14-7-3-2-5-11(14)9-17)15-8-4-6-13(16)12(15)10-18/h2-8H,1H3. The maximum absolute atomic E-state index is 9.20. The summed E-state index contributed by atoms with van der Waals surface area (Å²) in [5.41, 5.74) is 2.37. The summed E-state index contributed by atoms with van der Waals surface area (Å²) in [6.45, 7) is 0. The van der Waals surface area contributed by atoms with Crippen LogP contribution in [0.15, 0.2) is 42.5 Å². The van der Waals surface area contributed by atoms with Crippen LogP contribution < -0.4 is 4.90 Å². The molecular formula is C15H10ClN3. The molecule has 2 rings (SSSR count). The first-order valence-electron chi connectivity index (χ1n) is 5.60. The molecule has 2 aromatic carbocycles. The normalized spacial score (nSPS) is 9.47. The fraction of sp³-hybridized carbons (Fsp3) is 0.0667. The van der Waals surface area contributed by atoms with Crippen LogP contribution in [0.4, 0.5) is 11.4 Å². The van der Waals surface area contributed by atoms with Crippen LogP contribution in [0.2, 0.25) is 5.02 Å². The maximum Gasteiger partial charge on any atom is 0.103 e. The first kappa shape index (κ1) is 13.0. The molecule has 92 valence electrons. The van der Waals surface area contributed by atoms with Crippen molar-refractivity contribution >= 4 is 23.0 Å².